The third-order valence-electron chi connectivity index (χ3n) is 5.60. The number of esters is 1. The number of pyridine rings is 1. The van der Waals surface area contributed by atoms with E-state index in [4.69, 9.17) is 4.74 Å². The molecule has 0 saturated carbocycles. The van der Waals surface area contributed by atoms with E-state index in [-0.39, 0.29) is 12.4 Å². The Morgan fingerprint density at radius 1 is 0.750 bits per heavy atom. The first-order chi connectivity index (χ1) is 15.7. The Morgan fingerprint density at radius 2 is 1.41 bits per heavy atom. The number of nitrogens with zero attached hydrogens (tertiary/aromatic N) is 1. The summed E-state index contributed by atoms with van der Waals surface area (Å²) in [7, 11) is 0. The number of rotatable bonds is 5. The van der Waals surface area contributed by atoms with Crippen molar-refractivity contribution in [1.82, 2.24) is 4.40 Å². The molecule has 2 aromatic heterocycles. The van der Waals surface area contributed by atoms with Gasteiger partial charge in [-0.3, -0.25) is 4.79 Å². The molecule has 5 rings (SSSR count). The number of carbonyl (C=O) groups excluding carboxylic acids is 2. The molecule has 0 aliphatic rings. The van der Waals surface area contributed by atoms with Gasteiger partial charge in [0, 0.05) is 11.1 Å². The molecule has 0 unspecified atom stereocenters. The van der Waals surface area contributed by atoms with Crippen LogP contribution in [0, 0.1) is 0 Å². The van der Waals surface area contributed by atoms with Gasteiger partial charge in [0.2, 0.25) is 5.78 Å². The highest BCUT2D eigenvalue weighted by Gasteiger charge is 2.30. The first kappa shape index (κ1) is 19.8. The number of aromatic nitrogens is 1. The highest BCUT2D eigenvalue weighted by molar-refractivity contribution is 6.19. The van der Waals surface area contributed by atoms with Gasteiger partial charge >= 0.3 is 5.97 Å². The number of para-hydroxylation sites is 1. The predicted octanol–water partition coefficient (Wildman–Crippen LogP) is 6.17. The Labute approximate surface area is 185 Å². The maximum atomic E-state index is 13.9. The number of ketones is 1. The van der Waals surface area contributed by atoms with Gasteiger partial charge in [-0.2, -0.15) is 0 Å². The highest BCUT2D eigenvalue weighted by Crippen LogP contribution is 2.37. The highest BCUT2D eigenvalue weighted by atomic mass is 16.5. The molecule has 0 N–H and O–H groups in total. The van der Waals surface area contributed by atoms with Crippen LogP contribution in [0.25, 0.3) is 27.5 Å². The molecule has 0 amide bonds. The molecule has 0 fully saturated rings. The second kappa shape index (κ2) is 8.16. The first-order valence-electron chi connectivity index (χ1n) is 10.6. The van der Waals surface area contributed by atoms with Gasteiger partial charge in [0.25, 0.3) is 0 Å². The summed E-state index contributed by atoms with van der Waals surface area (Å²) in [6.07, 6.45) is 0. The van der Waals surface area contributed by atoms with E-state index in [0.29, 0.717) is 27.9 Å². The second-order valence-electron chi connectivity index (χ2n) is 7.49. The quantitative estimate of drug-likeness (QED) is 0.253. The zero-order valence-electron chi connectivity index (χ0n) is 17.6. The van der Waals surface area contributed by atoms with Crippen LogP contribution in [0.2, 0.25) is 0 Å². The van der Waals surface area contributed by atoms with Crippen molar-refractivity contribution in [3.63, 3.8) is 0 Å². The van der Waals surface area contributed by atoms with E-state index in [9.17, 15) is 9.59 Å². The average molecular weight is 419 g/mol. The van der Waals surface area contributed by atoms with Crippen LogP contribution in [-0.2, 0) is 4.74 Å². The van der Waals surface area contributed by atoms with Crippen molar-refractivity contribution in [3.05, 3.63) is 114 Å². The van der Waals surface area contributed by atoms with Crippen LogP contribution in [0.4, 0.5) is 0 Å². The average Bonchev–Trinajstić information content (AvgIpc) is 3.20. The predicted molar refractivity (Wildman–Crippen MR) is 126 cm³/mol. The molecule has 4 nitrogen and oxygen atoms in total. The van der Waals surface area contributed by atoms with E-state index < -0.39 is 5.97 Å². The molecule has 0 radical (unpaired) electrons. The zero-order chi connectivity index (χ0) is 22.1. The maximum Gasteiger partial charge on any atom is 0.340 e. The van der Waals surface area contributed by atoms with Crippen molar-refractivity contribution in [1.29, 1.82) is 0 Å². The fraction of sp³-hybridized carbons (Fsp3) is 0.0714. The Balaban J connectivity index is 1.97. The van der Waals surface area contributed by atoms with Crippen LogP contribution in [0.3, 0.4) is 0 Å². The van der Waals surface area contributed by atoms with Gasteiger partial charge in [-0.05, 0) is 30.0 Å². The van der Waals surface area contributed by atoms with Gasteiger partial charge in [0.05, 0.1) is 23.2 Å². The Morgan fingerprint density at radius 3 is 2.12 bits per heavy atom. The lowest BCUT2D eigenvalue weighted by molar-refractivity contribution is 0.0529. The largest absolute Gasteiger partial charge is 0.462 e. The van der Waals surface area contributed by atoms with Crippen molar-refractivity contribution in [2.45, 2.75) is 6.92 Å². The summed E-state index contributed by atoms with van der Waals surface area (Å²) >= 11 is 0. The standard InChI is InChI=1S/C28H21NO3/c1-2-32-28(31)25-23-18-17-19-11-9-10-16-22(19)29(23)26(24(25)20-12-5-3-6-13-20)27(30)21-14-7-4-8-15-21/h3-18H,2H2,1H3. The maximum absolute atomic E-state index is 13.9. The molecule has 32 heavy (non-hydrogen) atoms. The normalized spacial score (nSPS) is 11.0. The van der Waals surface area contributed by atoms with Crippen LogP contribution in [0.5, 0.6) is 0 Å². The van der Waals surface area contributed by atoms with Crippen molar-refractivity contribution in [2.75, 3.05) is 6.61 Å². The van der Waals surface area contributed by atoms with Crippen LogP contribution in [0.15, 0.2) is 97.1 Å². The fourth-order valence-corrected chi connectivity index (χ4v) is 4.24. The molecule has 0 aliphatic heterocycles. The zero-order valence-corrected chi connectivity index (χ0v) is 17.6. The Hall–Kier alpha value is -4.18. The van der Waals surface area contributed by atoms with Gasteiger partial charge in [0.15, 0.2) is 0 Å². The number of carbonyl (C=O) groups is 2. The van der Waals surface area contributed by atoms with Gasteiger partial charge < -0.3 is 9.14 Å². The third kappa shape index (κ3) is 3.17. The molecule has 0 atom stereocenters. The molecular formula is C28H21NO3. The third-order valence-corrected chi connectivity index (χ3v) is 5.60. The molecule has 3 aromatic carbocycles. The second-order valence-corrected chi connectivity index (χ2v) is 7.49. The Bertz CT molecular complexity index is 1450. The van der Waals surface area contributed by atoms with E-state index in [2.05, 4.69) is 0 Å². The van der Waals surface area contributed by atoms with Crippen LogP contribution in [-0.4, -0.2) is 22.8 Å². The van der Waals surface area contributed by atoms with Crippen LogP contribution < -0.4 is 0 Å². The van der Waals surface area contributed by atoms with Gasteiger partial charge in [0.1, 0.15) is 5.69 Å². The molecule has 4 heteroatoms. The van der Waals surface area contributed by atoms with Crippen molar-refractivity contribution in [2.24, 2.45) is 0 Å². The smallest absolute Gasteiger partial charge is 0.340 e. The summed E-state index contributed by atoms with van der Waals surface area (Å²) in [6, 6.07) is 30.4. The molecule has 0 bridgehead atoms. The van der Waals surface area contributed by atoms with Gasteiger partial charge in [-0.25, -0.2) is 4.79 Å². The molecule has 5 aromatic rings. The molecular weight excluding hydrogens is 398 g/mol. The van der Waals surface area contributed by atoms with Crippen molar-refractivity contribution < 1.29 is 14.3 Å². The number of ether oxygens (including phenoxy) is 1. The fourth-order valence-electron chi connectivity index (χ4n) is 4.24. The summed E-state index contributed by atoms with van der Waals surface area (Å²) in [5, 5.41) is 0.979. The summed E-state index contributed by atoms with van der Waals surface area (Å²) in [5.41, 5.74) is 4.32. The van der Waals surface area contributed by atoms with Crippen molar-refractivity contribution >= 4 is 28.2 Å². The van der Waals surface area contributed by atoms with E-state index in [1.54, 1.807) is 19.1 Å². The monoisotopic (exact) mass is 419 g/mol. The number of hydrogen-bond acceptors (Lipinski definition) is 3. The number of hydrogen-bond donors (Lipinski definition) is 0. The van der Waals surface area contributed by atoms with Crippen LogP contribution in [0.1, 0.15) is 33.3 Å². The molecule has 0 spiro atoms. The van der Waals surface area contributed by atoms with Gasteiger partial charge in [-0.15, -0.1) is 0 Å². The minimum atomic E-state index is -0.439. The molecule has 2 heterocycles. The first-order valence-corrected chi connectivity index (χ1v) is 10.6. The van der Waals surface area contributed by atoms with Crippen LogP contribution >= 0.6 is 0 Å². The van der Waals surface area contributed by atoms with Crippen molar-refractivity contribution in [3.8, 4) is 11.1 Å². The van der Waals surface area contributed by atoms with E-state index in [1.807, 2.05) is 89.3 Å². The summed E-state index contributed by atoms with van der Waals surface area (Å²) in [5.74, 6) is -0.586. The Kier molecular flexibility index (Phi) is 5.04. The minimum Gasteiger partial charge on any atom is -0.462 e. The molecule has 0 saturated heterocycles. The summed E-state index contributed by atoms with van der Waals surface area (Å²) in [6.45, 7) is 2.03. The number of benzene rings is 3. The minimum absolute atomic E-state index is 0.147. The lowest BCUT2D eigenvalue weighted by atomic mass is 9.96. The summed E-state index contributed by atoms with van der Waals surface area (Å²) < 4.78 is 7.35. The van der Waals surface area contributed by atoms with Gasteiger partial charge in [-0.1, -0.05) is 84.9 Å². The SMILES string of the molecule is CCOC(=O)c1c(-c2ccccc2)c(C(=O)c2ccccc2)n2c1ccc1ccccc12. The summed E-state index contributed by atoms with van der Waals surface area (Å²) in [4.78, 5) is 27.1. The van der Waals surface area contributed by atoms with E-state index in [0.717, 1.165) is 16.5 Å². The number of fused-ring (bicyclic) bond motifs is 3. The molecule has 156 valence electrons. The van der Waals surface area contributed by atoms with E-state index in [1.165, 1.54) is 0 Å². The lowest BCUT2D eigenvalue weighted by Gasteiger charge is -2.09. The lowest BCUT2D eigenvalue weighted by Crippen LogP contribution is -2.08. The van der Waals surface area contributed by atoms with E-state index >= 15 is 0 Å². The molecule has 0 aliphatic carbocycles. The topological polar surface area (TPSA) is 47.8 Å².